The number of ether oxygens (including phenoxy) is 1. The monoisotopic (exact) mass is 375 g/mol. The van der Waals surface area contributed by atoms with Crippen molar-refractivity contribution in [1.82, 2.24) is 21.3 Å². The van der Waals surface area contributed by atoms with E-state index >= 15 is 4.39 Å². The number of halogens is 1. The number of nitrogens with one attached hydrogen (secondary N) is 5. The van der Waals surface area contributed by atoms with Gasteiger partial charge in [-0.05, 0) is 51.4 Å². The van der Waals surface area contributed by atoms with E-state index in [2.05, 4.69) is 39.6 Å². The highest BCUT2D eigenvalue weighted by molar-refractivity contribution is 5.77. The Bertz CT molecular complexity index is 723. The third-order valence-corrected chi connectivity index (χ3v) is 5.58. The van der Waals surface area contributed by atoms with Crippen molar-refractivity contribution in [3.8, 4) is 5.75 Å². The first kappa shape index (κ1) is 18.7. The molecule has 3 aliphatic heterocycles. The SMILES string of the molecule is CNC1CC(C)NC(Nc2cc3c(c(C4=CCNCCC4)c2F)OCC3)N1. The summed E-state index contributed by atoms with van der Waals surface area (Å²) in [5, 5.41) is 16.8. The van der Waals surface area contributed by atoms with Crippen molar-refractivity contribution < 1.29 is 9.13 Å². The molecule has 4 rings (SSSR count). The number of benzene rings is 1. The molecule has 148 valence electrons. The van der Waals surface area contributed by atoms with Crippen molar-refractivity contribution in [2.45, 2.75) is 51.1 Å². The number of hydrogen-bond donors (Lipinski definition) is 5. The molecule has 7 heteroatoms. The van der Waals surface area contributed by atoms with Gasteiger partial charge in [-0.25, -0.2) is 4.39 Å². The fraction of sp³-hybridized carbons (Fsp3) is 0.600. The van der Waals surface area contributed by atoms with Crippen molar-refractivity contribution >= 4 is 11.3 Å². The summed E-state index contributed by atoms with van der Waals surface area (Å²) >= 11 is 0. The van der Waals surface area contributed by atoms with Gasteiger partial charge in [0, 0.05) is 24.6 Å². The molecular formula is C20H30FN5O. The predicted molar refractivity (Wildman–Crippen MR) is 106 cm³/mol. The van der Waals surface area contributed by atoms with Gasteiger partial charge in [0.1, 0.15) is 12.0 Å². The Morgan fingerprint density at radius 2 is 2.15 bits per heavy atom. The molecular weight excluding hydrogens is 345 g/mol. The minimum absolute atomic E-state index is 0.190. The zero-order chi connectivity index (χ0) is 18.8. The number of rotatable bonds is 4. The van der Waals surface area contributed by atoms with Gasteiger partial charge in [-0.15, -0.1) is 0 Å². The van der Waals surface area contributed by atoms with Crippen LogP contribution in [0.1, 0.15) is 37.3 Å². The van der Waals surface area contributed by atoms with Crippen LogP contribution in [0.25, 0.3) is 5.57 Å². The average Bonchev–Trinajstić information content (AvgIpc) is 2.95. The minimum Gasteiger partial charge on any atom is -0.492 e. The summed E-state index contributed by atoms with van der Waals surface area (Å²) in [5.41, 5.74) is 3.30. The second-order valence-electron chi connectivity index (χ2n) is 7.63. The van der Waals surface area contributed by atoms with Gasteiger partial charge in [0.25, 0.3) is 0 Å². The topological polar surface area (TPSA) is 69.4 Å². The van der Waals surface area contributed by atoms with Gasteiger partial charge < -0.3 is 20.7 Å². The van der Waals surface area contributed by atoms with Crippen molar-refractivity contribution in [2.75, 3.05) is 32.1 Å². The molecule has 3 atom stereocenters. The summed E-state index contributed by atoms with van der Waals surface area (Å²) in [7, 11) is 1.94. The molecule has 0 bridgehead atoms. The number of fused-ring (bicyclic) bond motifs is 1. The standard InChI is InChI=1S/C20H30FN5O/c1-12-10-16(22-2)26-20(24-12)25-15-11-14-6-9-27-19(14)17(18(15)21)13-4-3-7-23-8-5-13/h5,11-12,16,20,22-26H,3-4,6-10H2,1-2H3. The Labute approximate surface area is 160 Å². The molecule has 1 aromatic carbocycles. The first-order valence-electron chi connectivity index (χ1n) is 10.00. The highest BCUT2D eigenvalue weighted by atomic mass is 19.1. The van der Waals surface area contributed by atoms with Gasteiger partial charge in [0.05, 0.1) is 24.0 Å². The van der Waals surface area contributed by atoms with Crippen LogP contribution in [0.2, 0.25) is 0 Å². The van der Waals surface area contributed by atoms with Crippen LogP contribution in [0.4, 0.5) is 10.1 Å². The van der Waals surface area contributed by atoms with Gasteiger partial charge in [-0.2, -0.15) is 0 Å². The summed E-state index contributed by atoms with van der Waals surface area (Å²) in [6, 6.07) is 2.24. The van der Waals surface area contributed by atoms with Crippen LogP contribution in [0.3, 0.4) is 0 Å². The Morgan fingerprint density at radius 3 is 3.00 bits per heavy atom. The molecule has 0 aliphatic carbocycles. The van der Waals surface area contributed by atoms with Crippen LogP contribution >= 0.6 is 0 Å². The smallest absolute Gasteiger partial charge is 0.157 e. The molecule has 3 unspecified atom stereocenters. The molecule has 27 heavy (non-hydrogen) atoms. The van der Waals surface area contributed by atoms with Crippen LogP contribution in [0, 0.1) is 5.82 Å². The largest absolute Gasteiger partial charge is 0.492 e. The van der Waals surface area contributed by atoms with Crippen molar-refractivity contribution in [2.24, 2.45) is 0 Å². The van der Waals surface area contributed by atoms with Crippen molar-refractivity contribution in [3.63, 3.8) is 0 Å². The lowest BCUT2D eigenvalue weighted by molar-refractivity contribution is 0.249. The molecule has 6 nitrogen and oxygen atoms in total. The maximum Gasteiger partial charge on any atom is 0.157 e. The van der Waals surface area contributed by atoms with Crippen LogP contribution in [-0.4, -0.2) is 45.2 Å². The van der Waals surface area contributed by atoms with Crippen LogP contribution in [0.5, 0.6) is 5.75 Å². The molecule has 0 spiro atoms. The maximum absolute atomic E-state index is 15.6. The van der Waals surface area contributed by atoms with E-state index in [-0.39, 0.29) is 18.3 Å². The number of hydrogen-bond acceptors (Lipinski definition) is 6. The van der Waals surface area contributed by atoms with Gasteiger partial charge in [-0.1, -0.05) is 6.08 Å². The minimum atomic E-state index is -0.216. The lowest BCUT2D eigenvalue weighted by atomic mass is 9.96. The molecule has 1 aromatic rings. The highest BCUT2D eigenvalue weighted by Gasteiger charge is 2.29. The van der Waals surface area contributed by atoms with Gasteiger partial charge >= 0.3 is 0 Å². The Kier molecular flexibility index (Phi) is 5.63. The molecule has 1 fully saturated rings. The number of anilines is 1. The normalized spacial score (nSPS) is 28.1. The fourth-order valence-corrected chi connectivity index (χ4v) is 4.20. The third kappa shape index (κ3) is 3.96. The quantitative estimate of drug-likeness (QED) is 0.552. The van der Waals surface area contributed by atoms with E-state index in [0.717, 1.165) is 55.7 Å². The second kappa shape index (κ2) is 8.14. The molecule has 3 aliphatic rings. The Morgan fingerprint density at radius 1 is 1.26 bits per heavy atom. The van der Waals surface area contributed by atoms with Gasteiger partial charge in [0.2, 0.25) is 0 Å². The highest BCUT2D eigenvalue weighted by Crippen LogP contribution is 2.41. The van der Waals surface area contributed by atoms with Gasteiger partial charge in [0.15, 0.2) is 5.82 Å². The van der Waals surface area contributed by atoms with E-state index in [9.17, 15) is 0 Å². The van der Waals surface area contributed by atoms with Crippen molar-refractivity contribution in [3.05, 3.63) is 29.1 Å². The van der Waals surface area contributed by atoms with E-state index in [1.165, 1.54) is 0 Å². The molecule has 0 saturated carbocycles. The van der Waals surface area contributed by atoms with Gasteiger partial charge in [-0.3, -0.25) is 10.6 Å². The fourth-order valence-electron chi connectivity index (χ4n) is 4.20. The maximum atomic E-state index is 15.6. The lowest BCUT2D eigenvalue weighted by Gasteiger charge is -2.37. The molecule has 3 heterocycles. The first-order valence-corrected chi connectivity index (χ1v) is 10.00. The lowest BCUT2D eigenvalue weighted by Crippen LogP contribution is -2.63. The molecule has 0 amide bonds. The third-order valence-electron chi connectivity index (χ3n) is 5.58. The molecule has 5 N–H and O–H groups in total. The van der Waals surface area contributed by atoms with E-state index in [1.807, 2.05) is 13.1 Å². The summed E-state index contributed by atoms with van der Waals surface area (Å²) in [6.07, 6.45) is 5.76. The van der Waals surface area contributed by atoms with E-state index in [1.54, 1.807) is 0 Å². The molecule has 0 aromatic heterocycles. The van der Waals surface area contributed by atoms with Crippen LogP contribution < -0.4 is 31.3 Å². The van der Waals surface area contributed by atoms with Crippen LogP contribution in [-0.2, 0) is 6.42 Å². The summed E-state index contributed by atoms with van der Waals surface area (Å²) < 4.78 is 21.4. The van der Waals surface area contributed by atoms with Crippen molar-refractivity contribution in [1.29, 1.82) is 0 Å². The van der Waals surface area contributed by atoms with Crippen LogP contribution in [0.15, 0.2) is 12.1 Å². The summed E-state index contributed by atoms with van der Waals surface area (Å²) in [4.78, 5) is 0. The first-order chi connectivity index (χ1) is 13.2. The second-order valence-corrected chi connectivity index (χ2v) is 7.63. The Hall–Kier alpha value is -1.67. The molecule has 1 saturated heterocycles. The zero-order valence-corrected chi connectivity index (χ0v) is 16.1. The molecule has 0 radical (unpaired) electrons. The van der Waals surface area contributed by atoms with E-state index in [0.29, 0.717) is 23.9 Å². The zero-order valence-electron chi connectivity index (χ0n) is 16.1. The number of allylic oxidation sites excluding steroid dienone is 1. The predicted octanol–water partition coefficient (Wildman–Crippen LogP) is 1.74. The Balaban J connectivity index is 1.65. The van der Waals surface area contributed by atoms with E-state index in [4.69, 9.17) is 4.74 Å². The average molecular weight is 375 g/mol. The summed E-state index contributed by atoms with van der Waals surface area (Å²) in [6.45, 7) is 4.49. The van der Waals surface area contributed by atoms with E-state index < -0.39 is 0 Å². The summed E-state index contributed by atoms with van der Waals surface area (Å²) in [5.74, 6) is 0.517.